The summed E-state index contributed by atoms with van der Waals surface area (Å²) in [4.78, 5) is 1.37. The van der Waals surface area contributed by atoms with E-state index in [1.165, 1.54) is 17.1 Å². The third kappa shape index (κ3) is 5.85. The Morgan fingerprint density at radius 3 is 2.40 bits per heavy atom. The number of nitrogens with one attached hydrogen (secondary N) is 1. The number of hydrogen-bond acceptors (Lipinski definition) is 2. The Hall–Kier alpha value is -0.470. The normalized spacial score (nSPS) is 13.1. The van der Waals surface area contributed by atoms with E-state index in [4.69, 9.17) is 0 Å². The zero-order valence-electron chi connectivity index (χ0n) is 9.86. The molecule has 0 amide bonds. The van der Waals surface area contributed by atoms with Crippen molar-refractivity contribution in [2.45, 2.75) is 44.2 Å². The highest BCUT2D eigenvalue weighted by Gasteiger charge is 2.03. The molecule has 0 spiro atoms. The second-order valence-corrected chi connectivity index (χ2v) is 5.34. The molecule has 0 aliphatic carbocycles. The lowest BCUT2D eigenvalue weighted by atomic mass is 10.2. The Kier molecular flexibility index (Phi) is 5.81. The summed E-state index contributed by atoms with van der Waals surface area (Å²) >= 11 is 1.94. The smallest absolute Gasteiger partial charge is 0.00719 e. The summed E-state index contributed by atoms with van der Waals surface area (Å²) in [5.41, 5.74) is 0. The molecule has 1 atom stereocenters. The quantitative estimate of drug-likeness (QED) is 0.740. The first kappa shape index (κ1) is 12.6. The van der Waals surface area contributed by atoms with Gasteiger partial charge in [-0.05, 0) is 31.2 Å². The first-order valence-corrected chi connectivity index (χ1v) is 6.61. The van der Waals surface area contributed by atoms with Gasteiger partial charge in [0.05, 0.1) is 0 Å². The van der Waals surface area contributed by atoms with Crippen LogP contribution >= 0.6 is 11.8 Å². The van der Waals surface area contributed by atoms with Gasteiger partial charge in [0.25, 0.3) is 0 Å². The second kappa shape index (κ2) is 6.91. The van der Waals surface area contributed by atoms with Gasteiger partial charge in [0.2, 0.25) is 0 Å². The van der Waals surface area contributed by atoms with Crippen LogP contribution in [0.3, 0.4) is 0 Å². The minimum absolute atomic E-state index is 0.585. The molecule has 0 fully saturated rings. The number of benzene rings is 1. The van der Waals surface area contributed by atoms with Crippen molar-refractivity contribution >= 4 is 11.8 Å². The third-order valence-corrected chi connectivity index (χ3v) is 3.23. The lowest BCUT2D eigenvalue weighted by molar-refractivity contribution is 0.482. The second-order valence-electron chi connectivity index (χ2n) is 4.17. The van der Waals surface area contributed by atoms with Crippen molar-refractivity contribution in [1.82, 2.24) is 5.32 Å². The molecular formula is C13H21NS. The standard InChI is InChI=1S/C13H21NS/c1-11(2)14-12(3)9-10-15-13-7-5-4-6-8-13/h4-8,11-12,14H,9-10H2,1-3H3. The Morgan fingerprint density at radius 2 is 1.80 bits per heavy atom. The van der Waals surface area contributed by atoms with Gasteiger partial charge in [-0.1, -0.05) is 32.0 Å². The van der Waals surface area contributed by atoms with E-state index >= 15 is 0 Å². The van der Waals surface area contributed by atoms with Crippen LogP contribution in [0.4, 0.5) is 0 Å². The molecule has 0 aromatic heterocycles. The van der Waals surface area contributed by atoms with Crippen molar-refractivity contribution < 1.29 is 0 Å². The first-order chi connectivity index (χ1) is 7.18. The van der Waals surface area contributed by atoms with Crippen molar-refractivity contribution in [3.63, 3.8) is 0 Å². The van der Waals surface area contributed by atoms with Crippen LogP contribution in [0.5, 0.6) is 0 Å². The van der Waals surface area contributed by atoms with Gasteiger partial charge in [0.1, 0.15) is 0 Å². The maximum absolute atomic E-state index is 3.52. The molecule has 84 valence electrons. The summed E-state index contributed by atoms with van der Waals surface area (Å²) in [5, 5.41) is 3.52. The summed E-state index contributed by atoms with van der Waals surface area (Å²) in [6.07, 6.45) is 1.22. The highest BCUT2D eigenvalue weighted by atomic mass is 32.2. The highest BCUT2D eigenvalue weighted by Crippen LogP contribution is 2.18. The fourth-order valence-corrected chi connectivity index (χ4v) is 2.58. The van der Waals surface area contributed by atoms with Gasteiger partial charge in [-0.15, -0.1) is 11.8 Å². The molecule has 1 N–H and O–H groups in total. The van der Waals surface area contributed by atoms with Crippen LogP contribution in [0.1, 0.15) is 27.2 Å². The summed E-state index contributed by atoms with van der Waals surface area (Å²) in [6.45, 7) is 6.65. The van der Waals surface area contributed by atoms with E-state index in [2.05, 4.69) is 56.4 Å². The minimum atomic E-state index is 0.585. The Morgan fingerprint density at radius 1 is 1.13 bits per heavy atom. The summed E-state index contributed by atoms with van der Waals surface area (Å²) in [5.74, 6) is 1.19. The Bertz CT molecular complexity index is 258. The highest BCUT2D eigenvalue weighted by molar-refractivity contribution is 7.99. The van der Waals surface area contributed by atoms with Crippen LogP contribution in [0, 0.1) is 0 Å². The molecular weight excluding hydrogens is 202 g/mol. The van der Waals surface area contributed by atoms with E-state index in [0.29, 0.717) is 12.1 Å². The average molecular weight is 223 g/mol. The molecule has 0 bridgehead atoms. The van der Waals surface area contributed by atoms with E-state index in [-0.39, 0.29) is 0 Å². The van der Waals surface area contributed by atoms with Gasteiger partial charge >= 0.3 is 0 Å². The third-order valence-electron chi connectivity index (χ3n) is 2.18. The fourth-order valence-electron chi connectivity index (χ4n) is 1.52. The first-order valence-electron chi connectivity index (χ1n) is 5.62. The van der Waals surface area contributed by atoms with Crippen molar-refractivity contribution in [2.24, 2.45) is 0 Å². The predicted molar refractivity (Wildman–Crippen MR) is 69.5 cm³/mol. The molecule has 1 unspecified atom stereocenters. The SMILES string of the molecule is CC(C)NC(C)CCSc1ccccc1. The molecule has 1 nitrogen and oxygen atoms in total. The molecule has 1 rings (SSSR count). The van der Waals surface area contributed by atoms with E-state index in [1.54, 1.807) is 0 Å². The van der Waals surface area contributed by atoms with Crippen LogP contribution in [0.15, 0.2) is 35.2 Å². The number of hydrogen-bond donors (Lipinski definition) is 1. The molecule has 0 heterocycles. The van der Waals surface area contributed by atoms with Crippen LogP contribution in [-0.2, 0) is 0 Å². The van der Waals surface area contributed by atoms with Crippen molar-refractivity contribution in [1.29, 1.82) is 0 Å². The van der Waals surface area contributed by atoms with Crippen LogP contribution in [0.2, 0.25) is 0 Å². The van der Waals surface area contributed by atoms with Crippen LogP contribution < -0.4 is 5.32 Å². The van der Waals surface area contributed by atoms with Gasteiger partial charge in [-0.2, -0.15) is 0 Å². The predicted octanol–water partition coefficient (Wildman–Crippen LogP) is 3.56. The van der Waals surface area contributed by atoms with Gasteiger partial charge in [0, 0.05) is 17.0 Å². The monoisotopic (exact) mass is 223 g/mol. The van der Waals surface area contributed by atoms with E-state index in [0.717, 1.165) is 0 Å². The van der Waals surface area contributed by atoms with Gasteiger partial charge in [-0.3, -0.25) is 0 Å². The van der Waals surface area contributed by atoms with E-state index in [9.17, 15) is 0 Å². The Balaban J connectivity index is 2.16. The molecule has 0 aliphatic heterocycles. The summed E-state index contributed by atoms with van der Waals surface area (Å²) in [6, 6.07) is 11.8. The zero-order chi connectivity index (χ0) is 11.1. The molecule has 1 aromatic carbocycles. The van der Waals surface area contributed by atoms with Crippen molar-refractivity contribution in [2.75, 3.05) is 5.75 Å². The van der Waals surface area contributed by atoms with Crippen molar-refractivity contribution in [3.8, 4) is 0 Å². The molecule has 0 saturated heterocycles. The lowest BCUT2D eigenvalue weighted by Gasteiger charge is -2.16. The maximum Gasteiger partial charge on any atom is 0.00719 e. The molecule has 15 heavy (non-hydrogen) atoms. The molecule has 0 aliphatic rings. The van der Waals surface area contributed by atoms with E-state index in [1.807, 2.05) is 11.8 Å². The van der Waals surface area contributed by atoms with Gasteiger partial charge in [-0.25, -0.2) is 0 Å². The van der Waals surface area contributed by atoms with Gasteiger partial charge in [0.15, 0.2) is 0 Å². The molecule has 0 radical (unpaired) electrons. The maximum atomic E-state index is 3.52. The van der Waals surface area contributed by atoms with E-state index < -0.39 is 0 Å². The summed E-state index contributed by atoms with van der Waals surface area (Å²) < 4.78 is 0. The van der Waals surface area contributed by atoms with Gasteiger partial charge < -0.3 is 5.32 Å². The van der Waals surface area contributed by atoms with Crippen molar-refractivity contribution in [3.05, 3.63) is 30.3 Å². The van der Waals surface area contributed by atoms with Crippen LogP contribution in [0.25, 0.3) is 0 Å². The number of thioether (sulfide) groups is 1. The van der Waals surface area contributed by atoms with Crippen LogP contribution in [-0.4, -0.2) is 17.8 Å². The zero-order valence-corrected chi connectivity index (χ0v) is 10.7. The largest absolute Gasteiger partial charge is 0.312 e. The average Bonchev–Trinajstić information content (AvgIpc) is 2.18. The molecule has 2 heteroatoms. The Labute approximate surface area is 97.7 Å². The fraction of sp³-hybridized carbons (Fsp3) is 0.538. The molecule has 0 saturated carbocycles. The lowest BCUT2D eigenvalue weighted by Crippen LogP contribution is -2.32. The molecule has 1 aromatic rings. The summed E-state index contributed by atoms with van der Waals surface area (Å²) in [7, 11) is 0. The minimum Gasteiger partial charge on any atom is -0.312 e. The number of rotatable bonds is 6. The topological polar surface area (TPSA) is 12.0 Å².